The summed E-state index contributed by atoms with van der Waals surface area (Å²) in [6.45, 7) is 1.47. The second-order valence-corrected chi connectivity index (χ2v) is 7.79. The highest BCUT2D eigenvalue weighted by Gasteiger charge is 2.19. The summed E-state index contributed by atoms with van der Waals surface area (Å²) in [7, 11) is -4.12. The number of carbonyl (C=O) groups is 1. The number of sulfonamides is 1. The average molecular weight is 415 g/mol. The number of anilines is 2. The number of pyridine rings is 1. The summed E-state index contributed by atoms with van der Waals surface area (Å²) in [4.78, 5) is 15.4. The summed E-state index contributed by atoms with van der Waals surface area (Å²) < 4.78 is 46.5. The Morgan fingerprint density at radius 1 is 1.07 bits per heavy atom. The maximum atomic E-state index is 13.8. The van der Waals surface area contributed by atoms with Gasteiger partial charge in [0.1, 0.15) is 16.5 Å². The lowest BCUT2D eigenvalue weighted by molar-refractivity contribution is -0.118. The third-order valence-electron chi connectivity index (χ3n) is 3.76. The van der Waals surface area contributed by atoms with E-state index in [4.69, 9.17) is 4.74 Å². The number of halogens is 1. The van der Waals surface area contributed by atoms with Gasteiger partial charge in [0.2, 0.25) is 0 Å². The van der Waals surface area contributed by atoms with E-state index in [0.717, 1.165) is 6.07 Å². The first kappa shape index (κ1) is 20.3. The minimum Gasteiger partial charge on any atom is -0.484 e. The van der Waals surface area contributed by atoms with Crippen LogP contribution in [0.1, 0.15) is 5.56 Å². The molecule has 0 atom stereocenters. The number of hydrogen-bond acceptors (Lipinski definition) is 5. The fourth-order valence-corrected chi connectivity index (χ4v) is 3.66. The number of rotatable bonds is 7. The van der Waals surface area contributed by atoms with E-state index in [1.807, 2.05) is 0 Å². The molecule has 3 rings (SSSR count). The van der Waals surface area contributed by atoms with Crippen LogP contribution in [0, 0.1) is 12.7 Å². The maximum Gasteiger partial charge on any atom is 0.264 e. The van der Waals surface area contributed by atoms with Crippen molar-refractivity contribution in [3.05, 3.63) is 78.4 Å². The van der Waals surface area contributed by atoms with Gasteiger partial charge in [0.05, 0.1) is 5.69 Å². The lowest BCUT2D eigenvalue weighted by Gasteiger charge is -2.12. The number of amides is 1. The predicted molar refractivity (Wildman–Crippen MR) is 107 cm³/mol. The van der Waals surface area contributed by atoms with Crippen molar-refractivity contribution in [3.8, 4) is 5.75 Å². The number of nitrogens with one attached hydrogen (secondary N) is 2. The van der Waals surface area contributed by atoms with Crippen LogP contribution in [-0.4, -0.2) is 25.9 Å². The molecule has 0 fully saturated rings. The highest BCUT2D eigenvalue weighted by molar-refractivity contribution is 7.92. The topological polar surface area (TPSA) is 97.4 Å². The highest BCUT2D eigenvalue weighted by Crippen LogP contribution is 2.24. The van der Waals surface area contributed by atoms with Crippen molar-refractivity contribution in [2.45, 2.75) is 11.8 Å². The molecule has 2 N–H and O–H groups in total. The van der Waals surface area contributed by atoms with Crippen molar-refractivity contribution in [2.24, 2.45) is 0 Å². The Balaban J connectivity index is 1.70. The van der Waals surface area contributed by atoms with Crippen LogP contribution in [-0.2, 0) is 14.8 Å². The monoisotopic (exact) mass is 415 g/mol. The fraction of sp³-hybridized carbons (Fsp3) is 0.100. The largest absolute Gasteiger partial charge is 0.484 e. The summed E-state index contributed by atoms with van der Waals surface area (Å²) in [6, 6.07) is 13.0. The van der Waals surface area contributed by atoms with Crippen molar-refractivity contribution in [2.75, 3.05) is 16.6 Å². The highest BCUT2D eigenvalue weighted by atomic mass is 32.2. The van der Waals surface area contributed by atoms with Crippen LogP contribution in [0.5, 0.6) is 5.75 Å². The van der Waals surface area contributed by atoms with Gasteiger partial charge < -0.3 is 10.1 Å². The zero-order valence-electron chi connectivity index (χ0n) is 15.4. The van der Waals surface area contributed by atoms with Crippen molar-refractivity contribution in [1.29, 1.82) is 0 Å². The van der Waals surface area contributed by atoms with Gasteiger partial charge in [0, 0.05) is 24.1 Å². The molecule has 1 aromatic heterocycles. The number of carbonyl (C=O) groups excluding carboxylic acids is 1. The fourth-order valence-electron chi connectivity index (χ4n) is 2.54. The van der Waals surface area contributed by atoms with E-state index in [9.17, 15) is 17.6 Å². The lowest BCUT2D eigenvalue weighted by atomic mass is 10.2. The first-order chi connectivity index (χ1) is 13.8. The van der Waals surface area contributed by atoms with E-state index >= 15 is 0 Å². The molecule has 0 radical (unpaired) electrons. The molecule has 0 spiro atoms. The first-order valence-corrected chi connectivity index (χ1v) is 10.0. The number of aromatic nitrogens is 1. The van der Waals surface area contributed by atoms with E-state index in [0.29, 0.717) is 17.0 Å². The van der Waals surface area contributed by atoms with E-state index in [-0.39, 0.29) is 18.2 Å². The van der Waals surface area contributed by atoms with Gasteiger partial charge in [-0.05, 0) is 48.9 Å². The van der Waals surface area contributed by atoms with Gasteiger partial charge in [-0.3, -0.25) is 14.5 Å². The standard InChI is InChI=1S/C20H18FN3O4S/c1-14-10-16(24-29(26,27)19-5-3-2-4-18(19)21)12-17(11-14)28-13-20(25)23-15-6-8-22-9-7-15/h2-12,24H,13H2,1H3,(H,22,23,25). The Morgan fingerprint density at radius 3 is 2.52 bits per heavy atom. The predicted octanol–water partition coefficient (Wildman–Crippen LogP) is 3.35. The summed E-state index contributed by atoms with van der Waals surface area (Å²) in [5.41, 5.74) is 1.47. The molecule has 9 heteroatoms. The summed E-state index contributed by atoms with van der Waals surface area (Å²) >= 11 is 0. The van der Waals surface area contributed by atoms with Crippen LogP contribution in [0.3, 0.4) is 0 Å². The molecule has 2 aromatic carbocycles. The lowest BCUT2D eigenvalue weighted by Crippen LogP contribution is -2.20. The molecule has 150 valence electrons. The SMILES string of the molecule is Cc1cc(NS(=O)(=O)c2ccccc2F)cc(OCC(=O)Nc2ccncc2)c1. The second-order valence-electron chi connectivity index (χ2n) is 6.14. The van der Waals surface area contributed by atoms with E-state index < -0.39 is 20.7 Å². The van der Waals surface area contributed by atoms with Crippen LogP contribution in [0.25, 0.3) is 0 Å². The molecule has 1 heterocycles. The summed E-state index contributed by atoms with van der Waals surface area (Å²) in [6.07, 6.45) is 3.09. The van der Waals surface area contributed by atoms with Crippen LogP contribution in [0.15, 0.2) is 71.9 Å². The third kappa shape index (κ3) is 5.52. The second kappa shape index (κ2) is 8.70. The number of nitrogens with zero attached hydrogens (tertiary/aromatic N) is 1. The van der Waals surface area contributed by atoms with Crippen molar-refractivity contribution < 1.29 is 22.3 Å². The summed E-state index contributed by atoms with van der Waals surface area (Å²) in [5.74, 6) is -0.941. The zero-order chi connectivity index (χ0) is 20.9. The molecule has 0 aliphatic heterocycles. The van der Waals surface area contributed by atoms with Crippen LogP contribution in [0.4, 0.5) is 15.8 Å². The van der Waals surface area contributed by atoms with Crippen molar-refractivity contribution in [3.63, 3.8) is 0 Å². The van der Waals surface area contributed by atoms with E-state index in [2.05, 4.69) is 15.0 Å². The van der Waals surface area contributed by atoms with Crippen LogP contribution >= 0.6 is 0 Å². The minimum absolute atomic E-state index is 0.192. The quantitative estimate of drug-likeness (QED) is 0.617. The Labute approximate surface area is 167 Å². The number of aryl methyl sites for hydroxylation is 1. The van der Waals surface area contributed by atoms with Crippen molar-refractivity contribution >= 4 is 27.3 Å². The Kier molecular flexibility index (Phi) is 6.08. The van der Waals surface area contributed by atoms with Crippen LogP contribution < -0.4 is 14.8 Å². The smallest absolute Gasteiger partial charge is 0.264 e. The molecule has 7 nitrogen and oxygen atoms in total. The molecule has 3 aromatic rings. The van der Waals surface area contributed by atoms with Gasteiger partial charge in [-0.15, -0.1) is 0 Å². The third-order valence-corrected chi connectivity index (χ3v) is 5.18. The van der Waals surface area contributed by atoms with Gasteiger partial charge in [0.25, 0.3) is 15.9 Å². The number of benzene rings is 2. The number of hydrogen-bond donors (Lipinski definition) is 2. The molecule has 0 saturated heterocycles. The van der Waals surface area contributed by atoms with Gasteiger partial charge in [0.15, 0.2) is 6.61 Å². The van der Waals surface area contributed by atoms with E-state index in [1.54, 1.807) is 43.6 Å². The van der Waals surface area contributed by atoms with Crippen LogP contribution in [0.2, 0.25) is 0 Å². The molecule has 0 aliphatic rings. The molecule has 0 saturated carbocycles. The normalized spacial score (nSPS) is 11.0. The van der Waals surface area contributed by atoms with Crippen molar-refractivity contribution in [1.82, 2.24) is 4.98 Å². The Bertz CT molecular complexity index is 1120. The summed E-state index contributed by atoms with van der Waals surface area (Å²) in [5, 5.41) is 2.65. The Hall–Kier alpha value is -3.46. The molecule has 0 unspecified atom stereocenters. The molecule has 29 heavy (non-hydrogen) atoms. The minimum atomic E-state index is -4.12. The zero-order valence-corrected chi connectivity index (χ0v) is 16.2. The average Bonchev–Trinajstić information content (AvgIpc) is 2.66. The molecule has 0 aliphatic carbocycles. The van der Waals surface area contributed by atoms with Gasteiger partial charge in [-0.2, -0.15) is 0 Å². The van der Waals surface area contributed by atoms with Gasteiger partial charge in [-0.25, -0.2) is 12.8 Å². The molecule has 0 bridgehead atoms. The molecule has 1 amide bonds. The first-order valence-electron chi connectivity index (χ1n) is 8.55. The van der Waals surface area contributed by atoms with E-state index in [1.165, 1.54) is 24.3 Å². The molecular weight excluding hydrogens is 397 g/mol. The maximum absolute atomic E-state index is 13.8. The number of ether oxygens (including phenoxy) is 1. The molecular formula is C20H18FN3O4S. The Morgan fingerprint density at radius 2 is 1.79 bits per heavy atom. The van der Waals surface area contributed by atoms with Gasteiger partial charge in [-0.1, -0.05) is 12.1 Å². The van der Waals surface area contributed by atoms with Gasteiger partial charge >= 0.3 is 0 Å².